The van der Waals surface area contributed by atoms with Crippen molar-refractivity contribution in [1.82, 2.24) is 10.2 Å². The average molecular weight is 415 g/mol. The van der Waals surface area contributed by atoms with E-state index in [9.17, 15) is 4.79 Å². The van der Waals surface area contributed by atoms with Gasteiger partial charge in [-0.3, -0.25) is 4.79 Å². The molecule has 1 amide bonds. The van der Waals surface area contributed by atoms with Gasteiger partial charge in [-0.05, 0) is 98.9 Å². The second-order valence-electron chi connectivity index (χ2n) is 9.38. The van der Waals surface area contributed by atoms with Gasteiger partial charge in [0.25, 0.3) is 0 Å². The normalized spacial score (nSPS) is 31.5. The highest BCUT2D eigenvalue weighted by Crippen LogP contribution is 2.61. The van der Waals surface area contributed by atoms with E-state index in [4.69, 9.17) is 4.74 Å². The van der Waals surface area contributed by atoms with Gasteiger partial charge in [-0.1, -0.05) is 26.8 Å². The summed E-state index contributed by atoms with van der Waals surface area (Å²) < 4.78 is 5.73. The minimum atomic E-state index is 0.231. The van der Waals surface area contributed by atoms with Gasteiger partial charge in [-0.15, -0.1) is 0 Å². The summed E-state index contributed by atoms with van der Waals surface area (Å²) in [4.78, 5) is 14.6. The molecule has 5 atom stereocenters. The Morgan fingerprint density at radius 3 is 2.70 bits per heavy atom. The lowest BCUT2D eigenvalue weighted by atomic mass is 9.55. The number of hydrogen-bond donors (Lipinski definition) is 1. The highest BCUT2D eigenvalue weighted by atomic mass is 16.5. The molecule has 4 rings (SSSR count). The van der Waals surface area contributed by atoms with Crippen LogP contribution in [0.5, 0.6) is 5.75 Å². The van der Waals surface area contributed by atoms with Crippen molar-refractivity contribution in [3.63, 3.8) is 0 Å². The highest BCUT2D eigenvalue weighted by molar-refractivity contribution is 5.78. The Morgan fingerprint density at radius 1 is 1.23 bits per heavy atom. The Bertz CT molecular complexity index is 734. The summed E-state index contributed by atoms with van der Waals surface area (Å²) >= 11 is 0. The summed E-state index contributed by atoms with van der Waals surface area (Å²) in [5.74, 6) is 3.44. The molecule has 3 aliphatic rings. The molecule has 3 aliphatic carbocycles. The Kier molecular flexibility index (Phi) is 7.49. The fourth-order valence-electron chi connectivity index (χ4n) is 6.87. The van der Waals surface area contributed by atoms with E-state index in [0.717, 1.165) is 30.6 Å². The van der Waals surface area contributed by atoms with Gasteiger partial charge in [0, 0.05) is 13.1 Å². The van der Waals surface area contributed by atoms with E-state index < -0.39 is 0 Å². The molecule has 5 unspecified atom stereocenters. The molecule has 0 heterocycles. The van der Waals surface area contributed by atoms with Gasteiger partial charge in [0.05, 0.1) is 13.2 Å². The quantitative estimate of drug-likeness (QED) is 0.736. The third-order valence-electron chi connectivity index (χ3n) is 8.15. The largest absolute Gasteiger partial charge is 0.494 e. The monoisotopic (exact) mass is 414 g/mol. The smallest absolute Gasteiger partial charge is 0.236 e. The standard InChI is InChI=1S/C24H36N2O2.C2H6/c1-5-28-17-7-9-18-16(14-17)6-8-20-19(18)12-13-24(2)21(20)10-11-22(24)26(4)23(27)15-25-3;1-2/h7,9,14,19-22,25H,5-6,8,10-13,15H2,1-4H3;1-2H3. The van der Waals surface area contributed by atoms with Crippen molar-refractivity contribution in [3.8, 4) is 5.75 Å². The maximum atomic E-state index is 12.5. The summed E-state index contributed by atoms with van der Waals surface area (Å²) in [5, 5.41) is 3.02. The van der Waals surface area contributed by atoms with Crippen molar-refractivity contribution in [2.75, 3.05) is 27.2 Å². The van der Waals surface area contributed by atoms with Gasteiger partial charge in [-0.2, -0.15) is 0 Å². The molecule has 1 aromatic rings. The SMILES string of the molecule is CC.CCOc1ccc2c(c1)CCC1C2CCC2(C)C1CCC2N(C)C(=O)CNC. The lowest BCUT2D eigenvalue weighted by Gasteiger charge is -2.52. The highest BCUT2D eigenvalue weighted by Gasteiger charge is 2.56. The Hall–Kier alpha value is -1.55. The number of hydrogen-bond acceptors (Lipinski definition) is 3. The molecular weight excluding hydrogens is 372 g/mol. The number of ether oxygens (including phenoxy) is 1. The molecular formula is C26H42N2O2. The first kappa shape index (κ1) is 23.1. The van der Waals surface area contributed by atoms with Crippen molar-refractivity contribution in [2.24, 2.45) is 17.3 Å². The van der Waals surface area contributed by atoms with Crippen LogP contribution in [0.15, 0.2) is 18.2 Å². The third-order valence-corrected chi connectivity index (χ3v) is 8.15. The molecule has 1 aromatic carbocycles. The number of benzene rings is 1. The van der Waals surface area contributed by atoms with E-state index in [1.165, 1.54) is 37.7 Å². The van der Waals surface area contributed by atoms with Crippen LogP contribution in [0.25, 0.3) is 0 Å². The van der Waals surface area contributed by atoms with Crippen molar-refractivity contribution in [3.05, 3.63) is 29.3 Å². The number of amides is 1. The number of carbonyl (C=O) groups excluding carboxylic acids is 1. The van der Waals surface area contributed by atoms with Crippen LogP contribution in [0.3, 0.4) is 0 Å². The predicted octanol–water partition coefficient (Wildman–Crippen LogP) is 5.01. The molecule has 2 fully saturated rings. The molecule has 4 heteroatoms. The molecule has 4 nitrogen and oxygen atoms in total. The maximum Gasteiger partial charge on any atom is 0.236 e. The van der Waals surface area contributed by atoms with Gasteiger partial charge in [0.2, 0.25) is 5.91 Å². The van der Waals surface area contributed by atoms with E-state index in [1.54, 1.807) is 5.56 Å². The minimum Gasteiger partial charge on any atom is -0.494 e. The van der Waals surface area contributed by atoms with Crippen molar-refractivity contribution >= 4 is 5.91 Å². The average Bonchev–Trinajstić information content (AvgIpc) is 3.12. The van der Waals surface area contributed by atoms with Gasteiger partial charge in [0.1, 0.15) is 5.75 Å². The molecule has 0 spiro atoms. The van der Waals surface area contributed by atoms with Crippen LogP contribution in [0.4, 0.5) is 0 Å². The van der Waals surface area contributed by atoms with Crippen molar-refractivity contribution in [1.29, 1.82) is 0 Å². The summed E-state index contributed by atoms with van der Waals surface area (Å²) in [7, 11) is 3.88. The first-order chi connectivity index (χ1) is 14.5. The molecule has 0 radical (unpaired) electrons. The summed E-state index contributed by atoms with van der Waals surface area (Å²) in [6, 6.07) is 7.18. The molecule has 168 valence electrons. The van der Waals surface area contributed by atoms with Crippen LogP contribution in [0.1, 0.15) is 76.8 Å². The first-order valence-electron chi connectivity index (χ1n) is 12.2. The van der Waals surface area contributed by atoms with Crippen molar-refractivity contribution in [2.45, 2.75) is 78.2 Å². The number of carbonyl (C=O) groups is 1. The van der Waals surface area contributed by atoms with Crippen molar-refractivity contribution < 1.29 is 9.53 Å². The molecule has 0 aromatic heterocycles. The lowest BCUT2D eigenvalue weighted by Crippen LogP contribution is -2.51. The van der Waals surface area contributed by atoms with E-state index in [1.807, 2.05) is 34.9 Å². The second kappa shape index (κ2) is 9.72. The molecule has 0 aliphatic heterocycles. The van der Waals surface area contributed by atoms with E-state index >= 15 is 0 Å². The summed E-state index contributed by atoms with van der Waals surface area (Å²) in [6.07, 6.45) is 7.37. The van der Waals surface area contributed by atoms with Crippen LogP contribution < -0.4 is 10.1 Å². The minimum absolute atomic E-state index is 0.231. The molecule has 0 saturated heterocycles. The zero-order valence-corrected chi connectivity index (χ0v) is 20.0. The van der Waals surface area contributed by atoms with Gasteiger partial charge in [0.15, 0.2) is 0 Å². The van der Waals surface area contributed by atoms with Gasteiger partial charge >= 0.3 is 0 Å². The van der Waals surface area contributed by atoms with Crippen LogP contribution in [-0.2, 0) is 11.2 Å². The predicted molar refractivity (Wildman–Crippen MR) is 124 cm³/mol. The Balaban J connectivity index is 0.00000124. The van der Waals surface area contributed by atoms with Gasteiger partial charge in [-0.25, -0.2) is 0 Å². The van der Waals surface area contributed by atoms with E-state index in [-0.39, 0.29) is 11.3 Å². The fraction of sp³-hybridized carbons (Fsp3) is 0.731. The first-order valence-corrected chi connectivity index (χ1v) is 12.2. The zero-order chi connectivity index (χ0) is 21.9. The van der Waals surface area contributed by atoms with Crippen LogP contribution in [-0.4, -0.2) is 44.1 Å². The number of rotatable bonds is 5. The van der Waals surface area contributed by atoms with E-state index in [0.29, 0.717) is 18.5 Å². The van der Waals surface area contributed by atoms with Crippen LogP contribution in [0, 0.1) is 17.3 Å². The zero-order valence-electron chi connectivity index (χ0n) is 20.0. The van der Waals surface area contributed by atoms with Crippen LogP contribution in [0.2, 0.25) is 0 Å². The number of aryl methyl sites for hydroxylation is 1. The molecule has 0 bridgehead atoms. The number of nitrogens with zero attached hydrogens (tertiary/aromatic N) is 1. The fourth-order valence-corrected chi connectivity index (χ4v) is 6.87. The summed E-state index contributed by atoms with van der Waals surface area (Å²) in [5.41, 5.74) is 3.35. The van der Waals surface area contributed by atoms with Gasteiger partial charge < -0.3 is 15.0 Å². The number of nitrogens with one attached hydrogen (secondary N) is 1. The third kappa shape index (κ3) is 4.00. The Morgan fingerprint density at radius 2 is 2.00 bits per heavy atom. The second-order valence-corrected chi connectivity index (χ2v) is 9.38. The number of fused-ring (bicyclic) bond motifs is 5. The summed E-state index contributed by atoms with van der Waals surface area (Å²) in [6.45, 7) is 9.69. The van der Waals surface area contributed by atoms with E-state index in [2.05, 4.69) is 35.3 Å². The molecule has 2 saturated carbocycles. The Labute approximate surface area is 183 Å². The maximum absolute atomic E-state index is 12.5. The topological polar surface area (TPSA) is 41.6 Å². The molecule has 30 heavy (non-hydrogen) atoms. The molecule has 1 N–H and O–H groups in total. The lowest BCUT2D eigenvalue weighted by molar-refractivity contribution is -0.134. The number of likely N-dealkylation sites (N-methyl/N-ethyl adjacent to an activating group) is 2. The van der Waals surface area contributed by atoms with Crippen LogP contribution >= 0.6 is 0 Å².